The first-order valence-corrected chi connectivity index (χ1v) is 6.55. The maximum Gasteiger partial charge on any atom is 0.393 e. The average Bonchev–Trinajstić information content (AvgIpc) is 2.41. The number of benzene rings is 1. The topological polar surface area (TPSA) is 75.3 Å². The van der Waals surface area contributed by atoms with Crippen molar-refractivity contribution in [3.63, 3.8) is 0 Å². The first-order valence-electron chi connectivity index (χ1n) is 6.55. The Morgan fingerprint density at radius 2 is 1.86 bits per heavy atom. The summed E-state index contributed by atoms with van der Waals surface area (Å²) in [4.78, 5) is 34.4. The Morgan fingerprint density at radius 3 is 2.41 bits per heavy atom. The van der Waals surface area contributed by atoms with Gasteiger partial charge in [0.05, 0.1) is 6.42 Å². The average molecular weight is 314 g/mol. The highest BCUT2D eigenvalue weighted by molar-refractivity contribution is 6.03. The summed E-state index contributed by atoms with van der Waals surface area (Å²) in [6.45, 7) is 0. The molecular weight excluding hydrogens is 301 g/mol. The van der Waals surface area contributed by atoms with Crippen molar-refractivity contribution in [1.82, 2.24) is 10.6 Å². The zero-order valence-electron chi connectivity index (χ0n) is 11.4. The molecule has 1 aromatic rings. The molecule has 1 aliphatic rings. The molecule has 1 saturated heterocycles. The van der Waals surface area contributed by atoms with Gasteiger partial charge in [0.25, 0.3) is 5.91 Å². The number of piperidine rings is 1. The van der Waals surface area contributed by atoms with Crippen LogP contribution in [0.1, 0.15) is 28.8 Å². The van der Waals surface area contributed by atoms with E-state index in [4.69, 9.17) is 0 Å². The Kier molecular flexibility index (Phi) is 4.48. The van der Waals surface area contributed by atoms with E-state index in [-0.39, 0.29) is 24.0 Å². The first-order chi connectivity index (χ1) is 10.2. The summed E-state index contributed by atoms with van der Waals surface area (Å²) in [5.74, 6) is -1.56. The van der Waals surface area contributed by atoms with Crippen LogP contribution in [-0.2, 0) is 16.0 Å². The number of hydrogen-bond donors (Lipinski definition) is 2. The molecule has 3 amide bonds. The molecule has 0 bridgehead atoms. The van der Waals surface area contributed by atoms with Crippen LogP contribution in [0, 0.1) is 0 Å². The standard InChI is InChI=1S/C14H13F3N2O3/c15-14(16,17)7-8-1-3-9(4-2-8)12(21)18-10-5-6-11(20)19-13(10)22/h1-4,10H,5-7H2,(H,18,21)(H,19,20,22). The lowest BCUT2D eigenvalue weighted by Gasteiger charge is -2.21. The maximum atomic E-state index is 12.2. The number of nitrogens with one attached hydrogen (secondary N) is 2. The maximum absolute atomic E-state index is 12.2. The van der Waals surface area contributed by atoms with Gasteiger partial charge in [-0.05, 0) is 24.1 Å². The largest absolute Gasteiger partial charge is 0.393 e. The van der Waals surface area contributed by atoms with Crippen molar-refractivity contribution in [2.24, 2.45) is 0 Å². The molecule has 2 rings (SSSR count). The second kappa shape index (κ2) is 6.17. The van der Waals surface area contributed by atoms with E-state index < -0.39 is 36.4 Å². The van der Waals surface area contributed by atoms with Gasteiger partial charge in [0, 0.05) is 12.0 Å². The van der Waals surface area contributed by atoms with Gasteiger partial charge in [-0.15, -0.1) is 0 Å². The molecule has 1 heterocycles. The van der Waals surface area contributed by atoms with Crippen molar-refractivity contribution in [2.45, 2.75) is 31.5 Å². The third-order valence-electron chi connectivity index (χ3n) is 3.17. The highest BCUT2D eigenvalue weighted by Gasteiger charge is 2.29. The molecule has 1 unspecified atom stereocenters. The highest BCUT2D eigenvalue weighted by atomic mass is 19.4. The predicted molar refractivity (Wildman–Crippen MR) is 69.8 cm³/mol. The van der Waals surface area contributed by atoms with Crippen LogP contribution < -0.4 is 10.6 Å². The lowest BCUT2D eigenvalue weighted by molar-refractivity contribution is -0.134. The highest BCUT2D eigenvalue weighted by Crippen LogP contribution is 2.21. The third kappa shape index (κ3) is 4.31. The van der Waals surface area contributed by atoms with E-state index >= 15 is 0 Å². The fraction of sp³-hybridized carbons (Fsp3) is 0.357. The third-order valence-corrected chi connectivity index (χ3v) is 3.17. The summed E-state index contributed by atoms with van der Waals surface area (Å²) in [7, 11) is 0. The molecule has 1 aromatic carbocycles. The number of amides is 3. The number of hydrogen-bond acceptors (Lipinski definition) is 3. The minimum atomic E-state index is -4.31. The molecule has 1 aliphatic heterocycles. The van der Waals surface area contributed by atoms with Crippen molar-refractivity contribution in [2.75, 3.05) is 0 Å². The van der Waals surface area contributed by atoms with Crippen LogP contribution in [0.25, 0.3) is 0 Å². The molecule has 2 N–H and O–H groups in total. The number of alkyl halides is 3. The van der Waals surface area contributed by atoms with Gasteiger partial charge < -0.3 is 5.32 Å². The number of imide groups is 1. The lowest BCUT2D eigenvalue weighted by atomic mass is 10.0. The minimum absolute atomic E-state index is 0.0463. The minimum Gasteiger partial charge on any atom is -0.340 e. The van der Waals surface area contributed by atoms with Crippen LogP contribution in [0.3, 0.4) is 0 Å². The fourth-order valence-corrected chi connectivity index (χ4v) is 2.08. The molecule has 1 fully saturated rings. The van der Waals surface area contributed by atoms with E-state index in [1.165, 1.54) is 24.3 Å². The summed E-state index contributed by atoms with van der Waals surface area (Å²) < 4.78 is 36.7. The van der Waals surface area contributed by atoms with Crippen molar-refractivity contribution in [3.8, 4) is 0 Å². The van der Waals surface area contributed by atoms with E-state index in [1.54, 1.807) is 0 Å². The Bertz CT molecular complexity index is 596. The van der Waals surface area contributed by atoms with Crippen molar-refractivity contribution < 1.29 is 27.6 Å². The molecule has 1 atom stereocenters. The Morgan fingerprint density at radius 1 is 1.23 bits per heavy atom. The number of carbonyl (C=O) groups excluding carboxylic acids is 3. The molecule has 0 aliphatic carbocycles. The molecule has 118 valence electrons. The van der Waals surface area contributed by atoms with Crippen molar-refractivity contribution in [1.29, 1.82) is 0 Å². The molecule has 8 heteroatoms. The number of halogens is 3. The van der Waals surface area contributed by atoms with E-state index in [2.05, 4.69) is 10.6 Å². The fourth-order valence-electron chi connectivity index (χ4n) is 2.08. The monoisotopic (exact) mass is 314 g/mol. The summed E-state index contributed by atoms with van der Waals surface area (Å²) in [6.07, 6.45) is -5.05. The normalized spacial score (nSPS) is 18.8. The van der Waals surface area contributed by atoms with Crippen LogP contribution in [0.4, 0.5) is 13.2 Å². The SMILES string of the molecule is O=C1CCC(NC(=O)c2ccc(CC(F)(F)F)cc2)C(=O)N1. The van der Waals surface area contributed by atoms with Crippen LogP contribution in [0.5, 0.6) is 0 Å². The molecular formula is C14H13F3N2O3. The summed E-state index contributed by atoms with van der Waals surface area (Å²) in [5.41, 5.74) is 0.195. The van der Waals surface area contributed by atoms with Crippen LogP contribution >= 0.6 is 0 Å². The number of rotatable bonds is 3. The van der Waals surface area contributed by atoms with Gasteiger partial charge in [0.1, 0.15) is 6.04 Å². The molecule has 22 heavy (non-hydrogen) atoms. The zero-order chi connectivity index (χ0) is 16.3. The summed E-state index contributed by atoms with van der Waals surface area (Å²) >= 11 is 0. The Labute approximate surface area is 123 Å². The van der Waals surface area contributed by atoms with E-state index in [1.807, 2.05) is 0 Å². The van der Waals surface area contributed by atoms with Gasteiger partial charge in [-0.25, -0.2) is 0 Å². The van der Waals surface area contributed by atoms with Gasteiger partial charge in [0.15, 0.2) is 0 Å². The van der Waals surface area contributed by atoms with Gasteiger partial charge >= 0.3 is 6.18 Å². The molecule has 0 radical (unpaired) electrons. The van der Waals surface area contributed by atoms with Crippen LogP contribution in [0.2, 0.25) is 0 Å². The predicted octanol–water partition coefficient (Wildman–Crippen LogP) is 1.33. The molecule has 0 aromatic heterocycles. The number of carbonyl (C=O) groups is 3. The van der Waals surface area contributed by atoms with Gasteiger partial charge in [-0.3, -0.25) is 19.7 Å². The summed E-state index contributed by atoms with van der Waals surface area (Å²) in [6, 6.07) is 4.14. The molecule has 5 nitrogen and oxygen atoms in total. The zero-order valence-corrected chi connectivity index (χ0v) is 11.4. The van der Waals surface area contributed by atoms with Gasteiger partial charge in [-0.1, -0.05) is 12.1 Å². The first kappa shape index (κ1) is 16.0. The van der Waals surface area contributed by atoms with Gasteiger partial charge in [-0.2, -0.15) is 13.2 Å². The van der Waals surface area contributed by atoms with E-state index in [0.717, 1.165) is 0 Å². The van der Waals surface area contributed by atoms with E-state index in [9.17, 15) is 27.6 Å². The van der Waals surface area contributed by atoms with Crippen LogP contribution in [-0.4, -0.2) is 29.9 Å². The summed E-state index contributed by atoms with van der Waals surface area (Å²) in [5, 5.41) is 4.55. The van der Waals surface area contributed by atoms with E-state index in [0.29, 0.717) is 0 Å². The Hall–Kier alpha value is -2.38. The van der Waals surface area contributed by atoms with Crippen molar-refractivity contribution in [3.05, 3.63) is 35.4 Å². The van der Waals surface area contributed by atoms with Gasteiger partial charge in [0.2, 0.25) is 11.8 Å². The Balaban J connectivity index is 1.98. The second-order valence-corrected chi connectivity index (χ2v) is 4.97. The lowest BCUT2D eigenvalue weighted by Crippen LogP contribution is -2.52. The quantitative estimate of drug-likeness (QED) is 0.827. The van der Waals surface area contributed by atoms with Crippen LogP contribution in [0.15, 0.2) is 24.3 Å². The molecule has 0 spiro atoms. The second-order valence-electron chi connectivity index (χ2n) is 4.97. The van der Waals surface area contributed by atoms with Crippen molar-refractivity contribution >= 4 is 17.7 Å². The smallest absolute Gasteiger partial charge is 0.340 e. The molecule has 0 saturated carbocycles.